The molecule has 1 radical (unpaired) electrons. The molecule has 31 valence electrons. The van der Waals surface area contributed by atoms with Crippen molar-refractivity contribution < 1.29 is 4.74 Å². The Morgan fingerprint density at radius 3 is 2.40 bits per heavy atom. The van der Waals surface area contributed by atoms with Crippen molar-refractivity contribution in [3.05, 3.63) is 6.92 Å². The Bertz CT molecular complexity index is 11.1. The van der Waals surface area contributed by atoms with Gasteiger partial charge in [-0.1, -0.05) is 0 Å². The Labute approximate surface area is 32.9 Å². The molecule has 0 amide bonds. The molecule has 0 aromatic heterocycles. The van der Waals surface area contributed by atoms with E-state index in [2.05, 4.69) is 6.92 Å². The summed E-state index contributed by atoms with van der Waals surface area (Å²) in [6, 6.07) is 0. The van der Waals surface area contributed by atoms with E-state index in [1.165, 1.54) is 0 Å². The van der Waals surface area contributed by atoms with Crippen molar-refractivity contribution in [3.8, 4) is 0 Å². The Kier molecular flexibility index (Phi) is 3.93. The van der Waals surface area contributed by atoms with Gasteiger partial charge in [0, 0.05) is 13.2 Å². The SMILES string of the molecule is [CH2]COCC. The first kappa shape index (κ1) is 4.96. The monoisotopic (exact) mass is 73.1 g/mol. The van der Waals surface area contributed by atoms with Gasteiger partial charge >= 0.3 is 0 Å². The number of ether oxygens (including phenoxy) is 1. The standard InChI is InChI=1S/C4H9O/c1-3-5-4-2/h1,3-4H2,2H3. The number of rotatable bonds is 2. The molecular weight excluding hydrogens is 64.0 g/mol. The van der Waals surface area contributed by atoms with Gasteiger partial charge in [-0.2, -0.15) is 0 Å². The molecular formula is C4H9O. The van der Waals surface area contributed by atoms with Gasteiger partial charge in [0.1, 0.15) is 0 Å². The summed E-state index contributed by atoms with van der Waals surface area (Å²) in [6.07, 6.45) is 0. The molecule has 0 N–H and O–H groups in total. The zero-order valence-corrected chi connectivity index (χ0v) is 3.53. The topological polar surface area (TPSA) is 9.23 Å². The van der Waals surface area contributed by atoms with Crippen molar-refractivity contribution in [2.24, 2.45) is 0 Å². The number of hydrogen-bond donors (Lipinski definition) is 0. The van der Waals surface area contributed by atoms with Gasteiger partial charge in [-0.15, -0.1) is 0 Å². The second kappa shape index (κ2) is 3.96. The van der Waals surface area contributed by atoms with Gasteiger partial charge < -0.3 is 4.74 Å². The normalized spacial score (nSPS) is 8.40. The van der Waals surface area contributed by atoms with Crippen LogP contribution in [-0.2, 0) is 4.74 Å². The molecule has 1 nitrogen and oxygen atoms in total. The van der Waals surface area contributed by atoms with Gasteiger partial charge in [0.2, 0.25) is 0 Å². The van der Waals surface area contributed by atoms with Crippen LogP contribution in [-0.4, -0.2) is 13.2 Å². The maximum atomic E-state index is 4.72. The third kappa shape index (κ3) is 3.96. The quantitative estimate of drug-likeness (QED) is 0.471. The molecule has 0 unspecified atom stereocenters. The molecule has 0 aliphatic rings. The Morgan fingerprint density at radius 1 is 1.80 bits per heavy atom. The van der Waals surface area contributed by atoms with Crippen molar-refractivity contribution in [3.63, 3.8) is 0 Å². The van der Waals surface area contributed by atoms with E-state index in [9.17, 15) is 0 Å². The van der Waals surface area contributed by atoms with E-state index in [0.717, 1.165) is 6.61 Å². The van der Waals surface area contributed by atoms with E-state index < -0.39 is 0 Å². The highest BCUT2D eigenvalue weighted by Gasteiger charge is 1.64. The lowest BCUT2D eigenvalue weighted by Crippen LogP contribution is -1.84. The molecule has 0 spiro atoms. The molecule has 0 heterocycles. The lowest BCUT2D eigenvalue weighted by molar-refractivity contribution is 0.176. The third-order valence-electron chi connectivity index (χ3n) is 0.348. The molecule has 0 aromatic carbocycles. The molecule has 0 rings (SSSR count). The van der Waals surface area contributed by atoms with Crippen LogP contribution >= 0.6 is 0 Å². The van der Waals surface area contributed by atoms with Crippen LogP contribution in [0.5, 0.6) is 0 Å². The van der Waals surface area contributed by atoms with Crippen LogP contribution in [0.15, 0.2) is 0 Å². The summed E-state index contributed by atoms with van der Waals surface area (Å²) in [5, 5.41) is 0. The van der Waals surface area contributed by atoms with E-state index in [1.807, 2.05) is 6.92 Å². The first-order valence-corrected chi connectivity index (χ1v) is 1.78. The summed E-state index contributed by atoms with van der Waals surface area (Å²) in [7, 11) is 0. The van der Waals surface area contributed by atoms with Gasteiger partial charge in [0.05, 0.1) is 0 Å². The fourth-order valence-electron chi connectivity index (χ4n) is 0.144. The lowest BCUT2D eigenvalue weighted by Gasteiger charge is -1.86. The van der Waals surface area contributed by atoms with Gasteiger partial charge in [-0.05, 0) is 13.8 Å². The summed E-state index contributed by atoms with van der Waals surface area (Å²) in [6.45, 7) is 6.78. The molecule has 1 heteroatoms. The smallest absolute Gasteiger partial charge is 0.0466 e. The second-order valence-electron chi connectivity index (χ2n) is 0.697. The molecule has 0 saturated heterocycles. The molecule has 0 atom stereocenters. The summed E-state index contributed by atoms with van der Waals surface area (Å²) in [4.78, 5) is 0. The van der Waals surface area contributed by atoms with E-state index in [1.54, 1.807) is 0 Å². The average Bonchev–Trinajstić information content (AvgIpc) is 1.41. The van der Waals surface area contributed by atoms with E-state index in [0.29, 0.717) is 6.61 Å². The highest BCUT2D eigenvalue weighted by atomic mass is 16.5. The maximum absolute atomic E-state index is 4.72. The molecule has 0 aromatic rings. The fraction of sp³-hybridized carbons (Fsp3) is 0.750. The predicted molar refractivity (Wildman–Crippen MR) is 21.8 cm³/mol. The van der Waals surface area contributed by atoms with Crippen molar-refractivity contribution in [2.75, 3.05) is 13.2 Å². The first-order chi connectivity index (χ1) is 2.41. The van der Waals surface area contributed by atoms with Crippen molar-refractivity contribution in [2.45, 2.75) is 6.92 Å². The average molecular weight is 73.1 g/mol. The van der Waals surface area contributed by atoms with E-state index >= 15 is 0 Å². The second-order valence-corrected chi connectivity index (χ2v) is 0.697. The van der Waals surface area contributed by atoms with Crippen LogP contribution in [0.25, 0.3) is 0 Å². The zero-order valence-electron chi connectivity index (χ0n) is 3.53. The Hall–Kier alpha value is -0.0400. The van der Waals surface area contributed by atoms with Gasteiger partial charge in [0.15, 0.2) is 0 Å². The minimum atomic E-state index is 0.594. The van der Waals surface area contributed by atoms with Crippen LogP contribution in [0, 0.1) is 6.92 Å². The summed E-state index contributed by atoms with van der Waals surface area (Å²) >= 11 is 0. The summed E-state index contributed by atoms with van der Waals surface area (Å²) < 4.78 is 4.72. The number of hydrogen-bond acceptors (Lipinski definition) is 1. The predicted octanol–water partition coefficient (Wildman–Crippen LogP) is 0.857. The largest absolute Gasteiger partial charge is 0.382 e. The Balaban J connectivity index is 2.19. The van der Waals surface area contributed by atoms with Crippen LogP contribution in [0.3, 0.4) is 0 Å². The van der Waals surface area contributed by atoms with Crippen molar-refractivity contribution in [1.29, 1.82) is 0 Å². The first-order valence-electron chi connectivity index (χ1n) is 1.78. The third-order valence-corrected chi connectivity index (χ3v) is 0.348. The molecule has 0 saturated carbocycles. The fourth-order valence-corrected chi connectivity index (χ4v) is 0.144. The minimum Gasteiger partial charge on any atom is -0.382 e. The van der Waals surface area contributed by atoms with Crippen LogP contribution in [0.4, 0.5) is 0 Å². The van der Waals surface area contributed by atoms with E-state index in [4.69, 9.17) is 4.74 Å². The van der Waals surface area contributed by atoms with Gasteiger partial charge in [-0.25, -0.2) is 0 Å². The molecule has 0 aliphatic heterocycles. The lowest BCUT2D eigenvalue weighted by atomic mass is 10.8. The minimum absolute atomic E-state index is 0.594. The molecule has 0 bridgehead atoms. The van der Waals surface area contributed by atoms with Crippen LogP contribution in [0.1, 0.15) is 6.92 Å². The zero-order chi connectivity index (χ0) is 4.12. The van der Waals surface area contributed by atoms with Crippen LogP contribution < -0.4 is 0 Å². The highest BCUT2D eigenvalue weighted by Crippen LogP contribution is 1.63. The van der Waals surface area contributed by atoms with Crippen molar-refractivity contribution in [1.82, 2.24) is 0 Å². The highest BCUT2D eigenvalue weighted by molar-refractivity contribution is 4.24. The summed E-state index contributed by atoms with van der Waals surface area (Å²) in [5.41, 5.74) is 0. The van der Waals surface area contributed by atoms with E-state index in [-0.39, 0.29) is 0 Å². The van der Waals surface area contributed by atoms with Gasteiger partial charge in [0.25, 0.3) is 0 Å². The maximum Gasteiger partial charge on any atom is 0.0466 e. The molecule has 5 heavy (non-hydrogen) atoms. The van der Waals surface area contributed by atoms with Crippen LogP contribution in [0.2, 0.25) is 0 Å². The summed E-state index contributed by atoms with van der Waals surface area (Å²) in [5.74, 6) is 0. The molecule has 0 fully saturated rings. The molecule has 0 aliphatic carbocycles. The Morgan fingerprint density at radius 2 is 2.40 bits per heavy atom. The van der Waals surface area contributed by atoms with Gasteiger partial charge in [-0.3, -0.25) is 0 Å². The van der Waals surface area contributed by atoms with Crippen molar-refractivity contribution >= 4 is 0 Å².